The molecule has 1 aliphatic carbocycles. The molecule has 62 heavy (non-hydrogen) atoms. The molecule has 2 nitrogen and oxygen atoms in total. The van der Waals surface area contributed by atoms with Gasteiger partial charge in [-0.1, -0.05) is 184 Å². The number of rotatable bonds is 6. The number of thiophene rings is 1. The molecule has 0 N–H and O–H groups in total. The zero-order valence-corrected chi connectivity index (χ0v) is 35.2. The summed E-state index contributed by atoms with van der Waals surface area (Å²) in [6.45, 7) is 4.66. The van der Waals surface area contributed by atoms with Gasteiger partial charge >= 0.3 is 0 Å². The smallest absolute Gasteiger partial charge is 0.160 e. The van der Waals surface area contributed by atoms with Crippen molar-refractivity contribution in [2.45, 2.75) is 19.3 Å². The number of hydrogen-bond donors (Lipinski definition) is 0. The van der Waals surface area contributed by atoms with Gasteiger partial charge in [-0.2, -0.15) is 0 Å². The van der Waals surface area contributed by atoms with Gasteiger partial charge in [0.15, 0.2) is 5.82 Å². The van der Waals surface area contributed by atoms with E-state index in [1.807, 2.05) is 17.4 Å². The first-order valence-electron chi connectivity index (χ1n) is 21.3. The van der Waals surface area contributed by atoms with Crippen LogP contribution in [0.4, 0.5) is 0 Å². The van der Waals surface area contributed by atoms with Crippen molar-refractivity contribution >= 4 is 42.3 Å². The predicted octanol–water partition coefficient (Wildman–Crippen LogP) is 16.3. The topological polar surface area (TPSA) is 25.8 Å². The maximum absolute atomic E-state index is 5.35. The van der Waals surface area contributed by atoms with E-state index in [1.54, 1.807) is 0 Å². The molecule has 0 fully saturated rings. The van der Waals surface area contributed by atoms with Gasteiger partial charge in [-0.05, 0) is 103 Å². The van der Waals surface area contributed by atoms with Gasteiger partial charge in [-0.3, -0.25) is 0 Å². The molecule has 292 valence electrons. The van der Waals surface area contributed by atoms with E-state index in [-0.39, 0.29) is 5.41 Å². The van der Waals surface area contributed by atoms with Gasteiger partial charge in [0, 0.05) is 42.3 Å². The molecule has 0 saturated heterocycles. The molecule has 0 spiro atoms. The second kappa shape index (κ2) is 14.3. The Balaban J connectivity index is 1.02. The maximum atomic E-state index is 5.35. The van der Waals surface area contributed by atoms with Crippen molar-refractivity contribution in [2.24, 2.45) is 0 Å². The Bertz CT molecular complexity index is 3540. The summed E-state index contributed by atoms with van der Waals surface area (Å²) in [5.41, 5.74) is 17.4. The number of fused-ring (bicyclic) bond motifs is 7. The molecule has 2 heterocycles. The highest BCUT2D eigenvalue weighted by molar-refractivity contribution is 7.26. The van der Waals surface area contributed by atoms with Crippen LogP contribution < -0.4 is 0 Å². The fraction of sp³-hybridized carbons (Fsp3) is 0.0508. The first-order valence-corrected chi connectivity index (χ1v) is 22.1. The van der Waals surface area contributed by atoms with Crippen molar-refractivity contribution in [1.29, 1.82) is 0 Å². The van der Waals surface area contributed by atoms with Gasteiger partial charge in [0.1, 0.15) is 0 Å². The van der Waals surface area contributed by atoms with Crippen molar-refractivity contribution in [3.05, 3.63) is 217 Å². The Morgan fingerprint density at radius 2 is 0.935 bits per heavy atom. The molecule has 0 aliphatic heterocycles. The van der Waals surface area contributed by atoms with Crippen LogP contribution in [-0.4, -0.2) is 9.97 Å². The molecule has 2 aromatic heterocycles. The van der Waals surface area contributed by atoms with Crippen molar-refractivity contribution in [3.8, 4) is 78.4 Å². The molecule has 0 amide bonds. The lowest BCUT2D eigenvalue weighted by Crippen LogP contribution is -2.14. The second-order valence-corrected chi connectivity index (χ2v) is 18.0. The van der Waals surface area contributed by atoms with Gasteiger partial charge < -0.3 is 0 Å². The summed E-state index contributed by atoms with van der Waals surface area (Å²) < 4.78 is 2.59. The molecule has 0 saturated carbocycles. The summed E-state index contributed by atoms with van der Waals surface area (Å²) in [5.74, 6) is 0.700. The lowest BCUT2D eigenvalue weighted by Gasteiger charge is -2.21. The predicted molar refractivity (Wildman–Crippen MR) is 263 cm³/mol. The third-order valence-electron chi connectivity index (χ3n) is 12.9. The molecule has 1 aliphatic rings. The molecule has 3 heteroatoms. The average Bonchev–Trinajstić information content (AvgIpc) is 3.83. The Morgan fingerprint density at radius 3 is 1.79 bits per heavy atom. The lowest BCUT2D eigenvalue weighted by atomic mass is 9.82. The van der Waals surface area contributed by atoms with Crippen LogP contribution in [0.15, 0.2) is 206 Å². The minimum atomic E-state index is -0.0173. The van der Waals surface area contributed by atoms with Crippen molar-refractivity contribution in [3.63, 3.8) is 0 Å². The molecule has 0 atom stereocenters. The van der Waals surface area contributed by atoms with E-state index in [4.69, 9.17) is 9.97 Å². The van der Waals surface area contributed by atoms with E-state index >= 15 is 0 Å². The van der Waals surface area contributed by atoms with E-state index < -0.39 is 0 Å². The molecule has 11 aromatic rings. The standard InChI is InChI=1S/C59H40N2S/c1-59(2)52-24-10-8-19-48(52)51-35-41(30-31-53(51)59)37-26-28-39(29-27-37)54-36-55(61-58(60-54)40-15-4-3-5-16-40)44-33-42(46-21-12-17-38-14-6-7-18-45(38)46)32-43(34-44)47-22-13-23-50-49-20-9-11-25-56(49)62-57(47)50/h3-36H,1-2H3. The molecular formula is C59H40N2S. The summed E-state index contributed by atoms with van der Waals surface area (Å²) in [6, 6.07) is 74.9. The summed E-state index contributed by atoms with van der Waals surface area (Å²) in [5, 5.41) is 5.02. The normalized spacial score (nSPS) is 12.8. The molecule has 0 unspecified atom stereocenters. The van der Waals surface area contributed by atoms with Crippen molar-refractivity contribution in [1.82, 2.24) is 9.97 Å². The van der Waals surface area contributed by atoms with Gasteiger partial charge in [0.2, 0.25) is 0 Å². The number of aromatic nitrogens is 2. The fourth-order valence-corrected chi connectivity index (χ4v) is 11.0. The maximum Gasteiger partial charge on any atom is 0.160 e. The van der Waals surface area contributed by atoms with Gasteiger partial charge in [0.05, 0.1) is 11.4 Å². The average molecular weight is 809 g/mol. The minimum Gasteiger partial charge on any atom is -0.228 e. The molecule has 9 aromatic carbocycles. The number of benzene rings is 9. The Morgan fingerprint density at radius 1 is 0.355 bits per heavy atom. The van der Waals surface area contributed by atoms with E-state index in [9.17, 15) is 0 Å². The van der Waals surface area contributed by atoms with Crippen LogP contribution in [0.2, 0.25) is 0 Å². The largest absolute Gasteiger partial charge is 0.228 e. The third kappa shape index (κ3) is 6.00. The zero-order valence-electron chi connectivity index (χ0n) is 34.4. The highest BCUT2D eigenvalue weighted by Crippen LogP contribution is 2.50. The number of hydrogen-bond acceptors (Lipinski definition) is 3. The summed E-state index contributed by atoms with van der Waals surface area (Å²) in [4.78, 5) is 10.6. The quantitative estimate of drug-likeness (QED) is 0.167. The highest BCUT2D eigenvalue weighted by atomic mass is 32.1. The van der Waals surface area contributed by atoms with E-state index in [1.165, 1.54) is 75.5 Å². The molecular weight excluding hydrogens is 769 g/mol. The van der Waals surface area contributed by atoms with Crippen molar-refractivity contribution < 1.29 is 0 Å². The minimum absolute atomic E-state index is 0.0173. The van der Waals surface area contributed by atoms with E-state index in [2.05, 4.69) is 214 Å². The monoisotopic (exact) mass is 808 g/mol. The molecule has 0 bridgehead atoms. The van der Waals surface area contributed by atoms with Crippen LogP contribution in [0.3, 0.4) is 0 Å². The second-order valence-electron chi connectivity index (χ2n) is 16.9. The Labute approximate surface area is 365 Å². The summed E-state index contributed by atoms with van der Waals surface area (Å²) in [6.07, 6.45) is 0. The van der Waals surface area contributed by atoms with Crippen molar-refractivity contribution in [2.75, 3.05) is 0 Å². The summed E-state index contributed by atoms with van der Waals surface area (Å²) >= 11 is 1.86. The highest BCUT2D eigenvalue weighted by Gasteiger charge is 2.35. The van der Waals surface area contributed by atoms with Crippen LogP contribution in [0.25, 0.3) is 109 Å². The van der Waals surface area contributed by atoms with E-state index in [0.29, 0.717) is 5.82 Å². The zero-order chi connectivity index (χ0) is 41.4. The summed E-state index contributed by atoms with van der Waals surface area (Å²) in [7, 11) is 0. The molecule has 0 radical (unpaired) electrons. The van der Waals surface area contributed by atoms with Crippen LogP contribution in [0.1, 0.15) is 25.0 Å². The fourth-order valence-electron chi connectivity index (χ4n) is 9.73. The first kappa shape index (κ1) is 36.4. The van der Waals surface area contributed by atoms with E-state index in [0.717, 1.165) is 39.2 Å². The SMILES string of the molecule is CC1(C)c2ccccc2-c2cc(-c3ccc(-c4cc(-c5cc(-c6cccc7ccccc67)cc(-c6cccc7c6sc6ccccc67)c5)nc(-c5ccccc5)n4)cc3)ccc21. The van der Waals surface area contributed by atoms with Gasteiger partial charge in [-0.15, -0.1) is 11.3 Å². The molecule has 12 rings (SSSR count). The van der Waals surface area contributed by atoms with Gasteiger partial charge in [0.25, 0.3) is 0 Å². The Hall–Kier alpha value is -7.46. The Kier molecular flexibility index (Phi) is 8.41. The number of nitrogens with zero attached hydrogens (tertiary/aromatic N) is 2. The third-order valence-corrected chi connectivity index (χ3v) is 14.1. The first-order chi connectivity index (χ1) is 30.5. The lowest BCUT2D eigenvalue weighted by molar-refractivity contribution is 0.660. The van der Waals surface area contributed by atoms with Crippen LogP contribution in [0.5, 0.6) is 0 Å². The van der Waals surface area contributed by atoms with Crippen LogP contribution >= 0.6 is 11.3 Å². The van der Waals surface area contributed by atoms with Gasteiger partial charge in [-0.25, -0.2) is 9.97 Å². The van der Waals surface area contributed by atoms with Crippen LogP contribution in [0, 0.1) is 0 Å². The van der Waals surface area contributed by atoms with Crippen LogP contribution in [-0.2, 0) is 5.41 Å².